The van der Waals surface area contributed by atoms with Gasteiger partial charge in [-0.1, -0.05) is 19.1 Å². The van der Waals surface area contributed by atoms with E-state index in [2.05, 4.69) is 51.3 Å². The van der Waals surface area contributed by atoms with Gasteiger partial charge in [0.1, 0.15) is 5.75 Å². The number of aliphatic imine (C=N–C) groups is 1. The molecule has 1 aromatic carbocycles. The summed E-state index contributed by atoms with van der Waals surface area (Å²) in [5.41, 5.74) is 1.40. The molecular formula is C21H34N4O. The molecule has 1 N–H and O–H groups in total. The summed E-state index contributed by atoms with van der Waals surface area (Å²) in [4.78, 5) is 9.59. The quantitative estimate of drug-likeness (QED) is 0.627. The van der Waals surface area contributed by atoms with Crippen LogP contribution in [0.25, 0.3) is 0 Å². The predicted octanol–water partition coefficient (Wildman–Crippen LogP) is 2.93. The normalized spacial score (nSPS) is 22.7. The van der Waals surface area contributed by atoms with Gasteiger partial charge in [0.2, 0.25) is 0 Å². The summed E-state index contributed by atoms with van der Waals surface area (Å²) < 4.78 is 5.27. The van der Waals surface area contributed by atoms with E-state index in [0.29, 0.717) is 12.0 Å². The molecule has 2 atom stereocenters. The van der Waals surface area contributed by atoms with E-state index in [1.165, 1.54) is 44.3 Å². The van der Waals surface area contributed by atoms with E-state index in [4.69, 9.17) is 4.74 Å². The number of nitrogens with zero attached hydrogens (tertiary/aromatic N) is 3. The standard InChI is InChI=1S/C21H34N4O/c1-4-19(24-12-5-6-13-24)15-23-21(22-2)25-14-11-18(16-25)17-7-9-20(26-3)10-8-17/h7-10,18-19H,4-6,11-16H2,1-3H3,(H,22,23). The first-order valence-corrected chi connectivity index (χ1v) is 10.1. The Bertz CT molecular complexity index is 580. The molecule has 2 aliphatic rings. The summed E-state index contributed by atoms with van der Waals surface area (Å²) in [5, 5.41) is 3.64. The molecule has 0 amide bonds. The summed E-state index contributed by atoms with van der Waals surface area (Å²) in [6, 6.07) is 9.14. The molecule has 144 valence electrons. The van der Waals surface area contributed by atoms with Crippen LogP contribution in [0.5, 0.6) is 5.75 Å². The number of benzene rings is 1. The fraction of sp³-hybridized carbons (Fsp3) is 0.667. The second kappa shape index (κ2) is 9.26. The van der Waals surface area contributed by atoms with E-state index in [0.717, 1.165) is 31.3 Å². The molecule has 5 nitrogen and oxygen atoms in total. The zero-order valence-corrected chi connectivity index (χ0v) is 16.6. The van der Waals surface area contributed by atoms with Crippen LogP contribution < -0.4 is 10.1 Å². The lowest BCUT2D eigenvalue weighted by atomic mass is 9.98. The topological polar surface area (TPSA) is 40.1 Å². The Morgan fingerprint density at radius 1 is 1.23 bits per heavy atom. The molecule has 2 fully saturated rings. The van der Waals surface area contributed by atoms with Gasteiger partial charge in [0, 0.05) is 38.6 Å². The molecular weight excluding hydrogens is 324 g/mol. The number of methoxy groups -OCH3 is 1. The minimum absolute atomic E-state index is 0.569. The van der Waals surface area contributed by atoms with Crippen molar-refractivity contribution in [1.29, 1.82) is 0 Å². The van der Waals surface area contributed by atoms with Gasteiger partial charge in [0.05, 0.1) is 7.11 Å². The van der Waals surface area contributed by atoms with E-state index in [1.807, 2.05) is 7.05 Å². The van der Waals surface area contributed by atoms with Crippen LogP contribution in [-0.2, 0) is 0 Å². The van der Waals surface area contributed by atoms with E-state index in [1.54, 1.807) is 7.11 Å². The van der Waals surface area contributed by atoms with Crippen LogP contribution in [0.1, 0.15) is 44.1 Å². The number of rotatable bonds is 6. The maximum Gasteiger partial charge on any atom is 0.193 e. The lowest BCUT2D eigenvalue weighted by Gasteiger charge is -2.29. The van der Waals surface area contributed by atoms with Gasteiger partial charge < -0.3 is 15.0 Å². The molecule has 0 aromatic heterocycles. The highest BCUT2D eigenvalue weighted by Crippen LogP contribution is 2.28. The minimum atomic E-state index is 0.569. The third-order valence-electron chi connectivity index (χ3n) is 5.91. The van der Waals surface area contributed by atoms with E-state index in [-0.39, 0.29) is 0 Å². The van der Waals surface area contributed by atoms with Crippen molar-refractivity contribution >= 4 is 5.96 Å². The van der Waals surface area contributed by atoms with Crippen molar-refractivity contribution in [3.8, 4) is 5.75 Å². The average molecular weight is 359 g/mol. The molecule has 2 saturated heterocycles. The Labute approximate surface area is 158 Å². The number of nitrogens with one attached hydrogen (secondary N) is 1. The molecule has 2 aliphatic heterocycles. The van der Waals surface area contributed by atoms with Gasteiger partial charge in [-0.05, 0) is 56.5 Å². The third-order valence-corrected chi connectivity index (χ3v) is 5.91. The molecule has 0 aliphatic carbocycles. The van der Waals surface area contributed by atoms with E-state index >= 15 is 0 Å². The fourth-order valence-corrected chi connectivity index (χ4v) is 4.28. The predicted molar refractivity (Wildman–Crippen MR) is 108 cm³/mol. The number of hydrogen-bond donors (Lipinski definition) is 1. The summed E-state index contributed by atoms with van der Waals surface area (Å²) >= 11 is 0. The SMILES string of the molecule is CCC(CNC(=NC)N1CCC(c2ccc(OC)cc2)C1)N1CCCC1. The molecule has 2 unspecified atom stereocenters. The summed E-state index contributed by atoms with van der Waals surface area (Å²) in [7, 11) is 3.62. The van der Waals surface area contributed by atoms with Crippen LogP contribution >= 0.6 is 0 Å². The van der Waals surface area contributed by atoms with Crippen molar-refractivity contribution in [2.45, 2.75) is 44.6 Å². The third kappa shape index (κ3) is 4.50. The molecule has 1 aromatic rings. The first kappa shape index (κ1) is 19.0. The van der Waals surface area contributed by atoms with Crippen LogP contribution in [0.2, 0.25) is 0 Å². The zero-order chi connectivity index (χ0) is 18.4. The highest BCUT2D eigenvalue weighted by molar-refractivity contribution is 5.80. The van der Waals surface area contributed by atoms with Gasteiger partial charge in [-0.15, -0.1) is 0 Å². The number of ether oxygens (including phenoxy) is 1. The molecule has 0 saturated carbocycles. The monoisotopic (exact) mass is 358 g/mol. The van der Waals surface area contributed by atoms with Gasteiger partial charge in [0.25, 0.3) is 0 Å². The molecule has 0 radical (unpaired) electrons. The largest absolute Gasteiger partial charge is 0.497 e. The van der Waals surface area contributed by atoms with Crippen LogP contribution in [0.3, 0.4) is 0 Å². The van der Waals surface area contributed by atoms with Crippen molar-refractivity contribution in [3.05, 3.63) is 29.8 Å². The molecule has 0 bridgehead atoms. The van der Waals surface area contributed by atoms with Crippen LogP contribution in [0, 0.1) is 0 Å². The first-order valence-electron chi connectivity index (χ1n) is 10.1. The number of hydrogen-bond acceptors (Lipinski definition) is 3. The Kier molecular flexibility index (Phi) is 6.78. The van der Waals surface area contributed by atoms with Gasteiger partial charge in [-0.25, -0.2) is 0 Å². The zero-order valence-electron chi connectivity index (χ0n) is 16.6. The summed E-state index contributed by atoms with van der Waals surface area (Å²) in [5.74, 6) is 2.55. The second-order valence-corrected chi connectivity index (χ2v) is 7.44. The van der Waals surface area contributed by atoms with Crippen LogP contribution in [-0.4, -0.2) is 68.7 Å². The van der Waals surface area contributed by atoms with Crippen molar-refractivity contribution < 1.29 is 4.74 Å². The Hall–Kier alpha value is -1.75. The second-order valence-electron chi connectivity index (χ2n) is 7.44. The first-order chi connectivity index (χ1) is 12.7. The smallest absolute Gasteiger partial charge is 0.193 e. The van der Waals surface area contributed by atoms with Gasteiger partial charge >= 0.3 is 0 Å². The lowest BCUT2D eigenvalue weighted by molar-refractivity contribution is 0.235. The summed E-state index contributed by atoms with van der Waals surface area (Å²) in [6.07, 6.45) is 5.07. The van der Waals surface area contributed by atoms with Crippen LogP contribution in [0.15, 0.2) is 29.3 Å². The molecule has 26 heavy (non-hydrogen) atoms. The van der Waals surface area contributed by atoms with Crippen molar-refractivity contribution in [2.24, 2.45) is 4.99 Å². The Morgan fingerprint density at radius 2 is 1.96 bits per heavy atom. The lowest BCUT2D eigenvalue weighted by Crippen LogP contribution is -2.47. The Morgan fingerprint density at radius 3 is 2.58 bits per heavy atom. The van der Waals surface area contributed by atoms with Crippen molar-refractivity contribution in [2.75, 3.05) is 46.9 Å². The average Bonchev–Trinajstić information content (AvgIpc) is 3.38. The highest BCUT2D eigenvalue weighted by Gasteiger charge is 2.27. The van der Waals surface area contributed by atoms with Gasteiger partial charge in [-0.3, -0.25) is 9.89 Å². The number of likely N-dealkylation sites (tertiary alicyclic amines) is 2. The van der Waals surface area contributed by atoms with Gasteiger partial charge in [0.15, 0.2) is 5.96 Å². The maximum absolute atomic E-state index is 5.27. The maximum atomic E-state index is 5.27. The summed E-state index contributed by atoms with van der Waals surface area (Å²) in [6.45, 7) is 7.89. The molecule has 0 spiro atoms. The van der Waals surface area contributed by atoms with E-state index in [9.17, 15) is 0 Å². The van der Waals surface area contributed by atoms with E-state index < -0.39 is 0 Å². The van der Waals surface area contributed by atoms with Crippen molar-refractivity contribution in [1.82, 2.24) is 15.1 Å². The fourth-order valence-electron chi connectivity index (χ4n) is 4.28. The molecule has 3 rings (SSSR count). The highest BCUT2D eigenvalue weighted by atomic mass is 16.5. The van der Waals surface area contributed by atoms with Crippen LogP contribution in [0.4, 0.5) is 0 Å². The van der Waals surface area contributed by atoms with Crippen molar-refractivity contribution in [3.63, 3.8) is 0 Å². The molecule has 5 heteroatoms. The number of guanidine groups is 1. The minimum Gasteiger partial charge on any atom is -0.497 e. The Balaban J connectivity index is 1.53. The van der Waals surface area contributed by atoms with Gasteiger partial charge in [-0.2, -0.15) is 0 Å². The molecule has 2 heterocycles.